The Kier molecular flexibility index (Phi) is 8.85. The molecule has 0 atom stereocenters. The van der Waals surface area contributed by atoms with Crippen LogP contribution in [0, 0.1) is 0 Å². The van der Waals surface area contributed by atoms with Crippen LogP contribution in [0.15, 0.2) is 41.3 Å². The number of carbonyl (C=O) groups is 2. The van der Waals surface area contributed by atoms with Crippen molar-refractivity contribution >= 4 is 41.0 Å². The summed E-state index contributed by atoms with van der Waals surface area (Å²) in [5.41, 5.74) is -0.129. The lowest BCUT2D eigenvalue weighted by atomic mass is 9.89. The van der Waals surface area contributed by atoms with Gasteiger partial charge < -0.3 is 14.8 Å². The summed E-state index contributed by atoms with van der Waals surface area (Å²) in [5, 5.41) is 7.72. The molecule has 0 aliphatic rings. The third kappa shape index (κ3) is 8.21. The van der Waals surface area contributed by atoms with Crippen LogP contribution in [0.2, 0.25) is 0 Å². The highest BCUT2D eigenvalue weighted by Gasteiger charge is 2.25. The standard InChI is InChI=1S/C22H26BF2N3O6S/c1-22(2,3)34-21(30)28(12-19(24)25)11-14-9-13(5-7-16(14)23)20(29)27-15-6-8-18(35(26,31)32)17(10-15)33-4/h5-10,19H,11-12H2,1-4H3,(H,27,29)(H2,26,31,32). The van der Waals surface area contributed by atoms with E-state index in [0.717, 1.165) is 4.90 Å². The Morgan fingerprint density at radius 3 is 2.37 bits per heavy atom. The van der Waals surface area contributed by atoms with Crippen LogP contribution in [0.1, 0.15) is 36.7 Å². The molecule has 0 saturated carbocycles. The van der Waals surface area contributed by atoms with Crippen LogP contribution in [0.4, 0.5) is 19.3 Å². The van der Waals surface area contributed by atoms with Gasteiger partial charge in [0.25, 0.3) is 12.3 Å². The van der Waals surface area contributed by atoms with Crippen LogP contribution in [0.25, 0.3) is 0 Å². The number of nitrogens with two attached hydrogens (primary N) is 1. The molecule has 0 heterocycles. The number of hydrogen-bond donors (Lipinski definition) is 2. The molecule has 3 N–H and O–H groups in total. The van der Waals surface area contributed by atoms with Gasteiger partial charge >= 0.3 is 6.09 Å². The summed E-state index contributed by atoms with van der Waals surface area (Å²) in [4.78, 5) is 25.7. The third-order valence-corrected chi connectivity index (χ3v) is 5.45. The van der Waals surface area contributed by atoms with Gasteiger partial charge in [0.15, 0.2) is 0 Å². The van der Waals surface area contributed by atoms with Crippen molar-refractivity contribution in [2.24, 2.45) is 5.14 Å². The summed E-state index contributed by atoms with van der Waals surface area (Å²) < 4.78 is 59.7. The van der Waals surface area contributed by atoms with E-state index in [-0.39, 0.29) is 39.5 Å². The third-order valence-electron chi connectivity index (χ3n) is 4.50. The zero-order valence-electron chi connectivity index (χ0n) is 19.7. The summed E-state index contributed by atoms with van der Waals surface area (Å²) in [6, 6.07) is 7.97. The van der Waals surface area contributed by atoms with Gasteiger partial charge in [0.1, 0.15) is 24.1 Å². The molecular weight excluding hydrogens is 483 g/mol. The highest BCUT2D eigenvalue weighted by Crippen LogP contribution is 2.26. The van der Waals surface area contributed by atoms with Gasteiger partial charge in [0.2, 0.25) is 10.0 Å². The second kappa shape index (κ2) is 11.0. The number of benzene rings is 2. The Morgan fingerprint density at radius 2 is 1.83 bits per heavy atom. The predicted molar refractivity (Wildman–Crippen MR) is 127 cm³/mol. The quantitative estimate of drug-likeness (QED) is 0.526. The van der Waals surface area contributed by atoms with Gasteiger partial charge in [-0.1, -0.05) is 17.6 Å². The number of methoxy groups -OCH3 is 1. The van der Waals surface area contributed by atoms with Crippen LogP contribution in [-0.4, -0.2) is 58.8 Å². The molecule has 0 saturated heterocycles. The number of alkyl halides is 2. The topological polar surface area (TPSA) is 128 Å². The number of sulfonamides is 1. The molecule has 0 bridgehead atoms. The number of nitrogens with zero attached hydrogens (tertiary/aromatic N) is 1. The van der Waals surface area contributed by atoms with E-state index in [0.29, 0.717) is 0 Å². The Balaban J connectivity index is 2.29. The lowest BCUT2D eigenvalue weighted by Crippen LogP contribution is -2.40. The molecule has 13 heteroatoms. The normalized spacial score (nSPS) is 11.8. The van der Waals surface area contributed by atoms with Crippen molar-refractivity contribution in [1.29, 1.82) is 0 Å². The van der Waals surface area contributed by atoms with Gasteiger partial charge in [-0.05, 0) is 44.5 Å². The molecule has 2 amide bonds. The van der Waals surface area contributed by atoms with Crippen molar-refractivity contribution in [3.8, 4) is 5.75 Å². The number of rotatable bonds is 8. The average molecular weight is 509 g/mol. The fourth-order valence-electron chi connectivity index (χ4n) is 2.97. The summed E-state index contributed by atoms with van der Waals surface area (Å²) >= 11 is 0. The first-order valence-corrected chi connectivity index (χ1v) is 11.8. The first kappa shape index (κ1) is 28.1. The number of nitrogens with one attached hydrogen (secondary N) is 1. The number of ether oxygens (including phenoxy) is 2. The fraction of sp³-hybridized carbons (Fsp3) is 0.364. The summed E-state index contributed by atoms with van der Waals surface area (Å²) in [7, 11) is 3.17. The van der Waals surface area contributed by atoms with Crippen LogP contribution in [-0.2, 0) is 21.3 Å². The minimum atomic E-state index is -4.04. The van der Waals surface area contributed by atoms with E-state index in [4.69, 9.17) is 22.5 Å². The number of primary sulfonamides is 1. The van der Waals surface area contributed by atoms with Crippen molar-refractivity contribution in [2.75, 3.05) is 19.0 Å². The van der Waals surface area contributed by atoms with Gasteiger partial charge in [0.05, 0.1) is 13.7 Å². The zero-order valence-corrected chi connectivity index (χ0v) is 20.5. The largest absolute Gasteiger partial charge is 0.495 e. The summed E-state index contributed by atoms with van der Waals surface area (Å²) in [6.07, 6.45) is -3.76. The molecule has 0 aromatic heterocycles. The molecule has 0 aliphatic carbocycles. The van der Waals surface area contributed by atoms with Crippen LogP contribution >= 0.6 is 0 Å². The van der Waals surface area contributed by atoms with Gasteiger partial charge in [-0.3, -0.25) is 9.69 Å². The molecule has 2 aromatic rings. The van der Waals surface area contributed by atoms with Crippen LogP contribution in [0.5, 0.6) is 5.75 Å². The van der Waals surface area contributed by atoms with Crippen molar-refractivity contribution in [1.82, 2.24) is 4.90 Å². The maximum absolute atomic E-state index is 13.1. The highest BCUT2D eigenvalue weighted by atomic mass is 32.2. The Bertz CT molecular complexity index is 1200. The molecule has 2 radical (unpaired) electrons. The smallest absolute Gasteiger partial charge is 0.410 e. The van der Waals surface area contributed by atoms with E-state index in [1.54, 1.807) is 20.8 Å². The maximum Gasteiger partial charge on any atom is 0.410 e. The van der Waals surface area contributed by atoms with Gasteiger partial charge in [0, 0.05) is 23.9 Å². The molecule has 0 fully saturated rings. The van der Waals surface area contributed by atoms with E-state index in [9.17, 15) is 26.8 Å². The fourth-order valence-corrected chi connectivity index (χ4v) is 3.65. The number of carbonyl (C=O) groups excluding carboxylic acids is 2. The predicted octanol–water partition coefficient (Wildman–Crippen LogP) is 2.39. The SMILES string of the molecule is [B]c1ccc(C(=O)Nc2ccc(S(N)(=O)=O)c(OC)c2)cc1CN(CC(F)F)C(=O)OC(C)(C)C. The van der Waals surface area contributed by atoms with E-state index >= 15 is 0 Å². The Morgan fingerprint density at radius 1 is 1.17 bits per heavy atom. The van der Waals surface area contributed by atoms with Crippen molar-refractivity contribution in [3.05, 3.63) is 47.5 Å². The first-order chi connectivity index (χ1) is 16.1. The van der Waals surface area contributed by atoms with Crippen molar-refractivity contribution < 1.29 is 36.3 Å². The molecule has 35 heavy (non-hydrogen) atoms. The monoisotopic (exact) mass is 509 g/mol. The second-order valence-electron chi connectivity index (χ2n) is 8.53. The van der Waals surface area contributed by atoms with Crippen LogP contribution < -0.4 is 20.7 Å². The number of halogens is 2. The summed E-state index contributed by atoms with van der Waals surface area (Å²) in [6.45, 7) is 3.61. The minimum Gasteiger partial charge on any atom is -0.495 e. The minimum absolute atomic E-state index is 0.0664. The molecular formula is C22H26BF2N3O6S. The van der Waals surface area contributed by atoms with E-state index < -0.39 is 40.6 Å². The van der Waals surface area contributed by atoms with E-state index in [2.05, 4.69) is 5.32 Å². The number of amides is 2. The molecule has 0 spiro atoms. The lowest BCUT2D eigenvalue weighted by molar-refractivity contribution is 0.00824. The number of hydrogen-bond acceptors (Lipinski definition) is 6. The van der Waals surface area contributed by atoms with Crippen molar-refractivity contribution in [2.45, 2.75) is 44.2 Å². The van der Waals surface area contributed by atoms with Crippen molar-refractivity contribution in [3.63, 3.8) is 0 Å². The zero-order chi connectivity index (χ0) is 26.6. The van der Waals surface area contributed by atoms with Crippen LogP contribution in [0.3, 0.4) is 0 Å². The Hall–Kier alpha value is -3.19. The van der Waals surface area contributed by atoms with Gasteiger partial charge in [-0.25, -0.2) is 27.1 Å². The molecule has 0 aliphatic heterocycles. The highest BCUT2D eigenvalue weighted by molar-refractivity contribution is 7.89. The van der Waals surface area contributed by atoms with Gasteiger partial charge in [-0.2, -0.15) is 0 Å². The number of anilines is 1. The summed E-state index contributed by atoms with van der Waals surface area (Å²) in [5.74, 6) is -0.669. The lowest BCUT2D eigenvalue weighted by Gasteiger charge is -2.28. The molecule has 9 nitrogen and oxygen atoms in total. The first-order valence-electron chi connectivity index (χ1n) is 10.3. The molecule has 0 unspecified atom stereocenters. The second-order valence-corrected chi connectivity index (χ2v) is 10.1. The average Bonchev–Trinajstić information content (AvgIpc) is 2.72. The van der Waals surface area contributed by atoms with E-state index in [1.165, 1.54) is 43.5 Å². The molecule has 2 aromatic carbocycles. The molecule has 2 rings (SSSR count). The van der Waals surface area contributed by atoms with Gasteiger partial charge in [-0.15, -0.1) is 0 Å². The van der Waals surface area contributed by atoms with E-state index in [1.807, 2.05) is 0 Å². The molecule has 188 valence electrons. The maximum atomic E-state index is 13.1. The Labute approximate surface area is 204 Å².